The highest BCUT2D eigenvalue weighted by Crippen LogP contribution is 2.33. The van der Waals surface area contributed by atoms with Crippen LogP contribution < -0.4 is 4.74 Å². The van der Waals surface area contributed by atoms with Crippen LogP contribution in [0, 0.1) is 6.92 Å². The molecule has 1 heterocycles. The van der Waals surface area contributed by atoms with Gasteiger partial charge in [0, 0.05) is 21.4 Å². The topological polar surface area (TPSA) is 22.1 Å². The van der Waals surface area contributed by atoms with Crippen molar-refractivity contribution in [1.82, 2.24) is 4.98 Å². The van der Waals surface area contributed by atoms with E-state index in [1.165, 1.54) is 4.90 Å². The molecule has 19 heavy (non-hydrogen) atoms. The SMILES string of the molecule is Cc1cc(SC(C)(C)C)cnc1Oc1ccccc1. The van der Waals surface area contributed by atoms with Crippen LogP contribution in [0.5, 0.6) is 11.6 Å². The molecule has 0 saturated carbocycles. The molecule has 0 bridgehead atoms. The molecule has 0 radical (unpaired) electrons. The maximum atomic E-state index is 5.77. The lowest BCUT2D eigenvalue weighted by molar-refractivity contribution is 0.458. The van der Waals surface area contributed by atoms with Gasteiger partial charge in [0.15, 0.2) is 0 Å². The Morgan fingerprint density at radius 2 is 1.79 bits per heavy atom. The van der Waals surface area contributed by atoms with E-state index in [2.05, 4.69) is 31.8 Å². The second kappa shape index (κ2) is 5.66. The molecule has 0 aliphatic rings. The van der Waals surface area contributed by atoms with Gasteiger partial charge in [0.25, 0.3) is 0 Å². The van der Waals surface area contributed by atoms with E-state index in [0.717, 1.165) is 11.3 Å². The Morgan fingerprint density at radius 1 is 1.11 bits per heavy atom. The molecule has 0 aliphatic carbocycles. The molecule has 3 heteroatoms. The van der Waals surface area contributed by atoms with Gasteiger partial charge in [0.2, 0.25) is 5.88 Å². The summed E-state index contributed by atoms with van der Waals surface area (Å²) in [6, 6.07) is 11.9. The van der Waals surface area contributed by atoms with E-state index in [4.69, 9.17) is 4.74 Å². The lowest BCUT2D eigenvalue weighted by atomic mass is 10.3. The molecule has 0 spiro atoms. The summed E-state index contributed by atoms with van der Waals surface area (Å²) >= 11 is 1.81. The molecule has 2 nitrogen and oxygen atoms in total. The summed E-state index contributed by atoms with van der Waals surface area (Å²) in [6.45, 7) is 8.61. The average molecular weight is 273 g/mol. The molecule has 0 N–H and O–H groups in total. The third-order valence-electron chi connectivity index (χ3n) is 2.39. The van der Waals surface area contributed by atoms with Crippen LogP contribution in [0.1, 0.15) is 26.3 Å². The quantitative estimate of drug-likeness (QED) is 0.729. The van der Waals surface area contributed by atoms with Gasteiger partial charge >= 0.3 is 0 Å². The van der Waals surface area contributed by atoms with E-state index >= 15 is 0 Å². The van der Waals surface area contributed by atoms with E-state index in [1.807, 2.05) is 55.2 Å². The maximum Gasteiger partial charge on any atom is 0.222 e. The number of aromatic nitrogens is 1. The summed E-state index contributed by atoms with van der Waals surface area (Å²) < 4.78 is 5.96. The van der Waals surface area contributed by atoms with E-state index < -0.39 is 0 Å². The third kappa shape index (κ3) is 4.28. The maximum absolute atomic E-state index is 5.77. The Balaban J connectivity index is 2.16. The first kappa shape index (κ1) is 13.9. The monoisotopic (exact) mass is 273 g/mol. The summed E-state index contributed by atoms with van der Waals surface area (Å²) in [5.74, 6) is 1.48. The Kier molecular flexibility index (Phi) is 4.15. The van der Waals surface area contributed by atoms with Crippen molar-refractivity contribution < 1.29 is 4.74 Å². The third-order valence-corrected chi connectivity index (χ3v) is 3.46. The number of hydrogen-bond acceptors (Lipinski definition) is 3. The van der Waals surface area contributed by atoms with Crippen LogP contribution in [0.15, 0.2) is 47.5 Å². The highest BCUT2D eigenvalue weighted by Gasteiger charge is 2.13. The predicted molar refractivity (Wildman–Crippen MR) is 81.1 cm³/mol. The summed E-state index contributed by atoms with van der Waals surface area (Å²) in [5.41, 5.74) is 1.05. The van der Waals surface area contributed by atoms with Crippen molar-refractivity contribution in [3.05, 3.63) is 48.2 Å². The minimum atomic E-state index is 0.190. The summed E-state index contributed by atoms with van der Waals surface area (Å²) in [7, 11) is 0. The number of nitrogens with zero attached hydrogens (tertiary/aromatic N) is 1. The second-order valence-electron chi connectivity index (χ2n) is 5.42. The van der Waals surface area contributed by atoms with Gasteiger partial charge in [-0.05, 0) is 25.1 Å². The number of benzene rings is 1. The van der Waals surface area contributed by atoms with Crippen molar-refractivity contribution in [2.45, 2.75) is 37.3 Å². The van der Waals surface area contributed by atoms with Gasteiger partial charge in [-0.3, -0.25) is 0 Å². The first-order valence-electron chi connectivity index (χ1n) is 6.33. The van der Waals surface area contributed by atoms with Crippen LogP contribution >= 0.6 is 11.8 Å². The van der Waals surface area contributed by atoms with Crippen molar-refractivity contribution in [2.24, 2.45) is 0 Å². The minimum absolute atomic E-state index is 0.190. The summed E-state index contributed by atoms with van der Waals surface area (Å²) in [5, 5.41) is 0. The van der Waals surface area contributed by atoms with Gasteiger partial charge in [-0.1, -0.05) is 39.0 Å². The van der Waals surface area contributed by atoms with Gasteiger partial charge in [0.05, 0.1) is 0 Å². The van der Waals surface area contributed by atoms with E-state index in [-0.39, 0.29) is 4.75 Å². The van der Waals surface area contributed by atoms with Crippen molar-refractivity contribution in [2.75, 3.05) is 0 Å². The van der Waals surface area contributed by atoms with Crippen LogP contribution in [0.2, 0.25) is 0 Å². The fourth-order valence-corrected chi connectivity index (χ4v) is 2.70. The zero-order chi connectivity index (χ0) is 13.9. The van der Waals surface area contributed by atoms with Crippen LogP contribution in [-0.2, 0) is 0 Å². The number of aryl methyl sites for hydroxylation is 1. The molecular formula is C16H19NOS. The number of pyridine rings is 1. The number of rotatable bonds is 3. The van der Waals surface area contributed by atoms with E-state index in [0.29, 0.717) is 5.88 Å². The average Bonchev–Trinajstić information content (AvgIpc) is 2.32. The van der Waals surface area contributed by atoms with Gasteiger partial charge in [-0.25, -0.2) is 4.98 Å². The fraction of sp³-hybridized carbons (Fsp3) is 0.312. The Morgan fingerprint density at radius 3 is 2.37 bits per heavy atom. The van der Waals surface area contributed by atoms with Crippen molar-refractivity contribution >= 4 is 11.8 Å². The molecule has 0 unspecified atom stereocenters. The number of ether oxygens (including phenoxy) is 1. The first-order valence-corrected chi connectivity index (χ1v) is 7.14. The molecule has 1 aromatic carbocycles. The minimum Gasteiger partial charge on any atom is -0.439 e. The molecule has 1 aromatic heterocycles. The van der Waals surface area contributed by atoms with Crippen molar-refractivity contribution in [1.29, 1.82) is 0 Å². The summed E-state index contributed by atoms with van der Waals surface area (Å²) in [6.07, 6.45) is 1.88. The Bertz CT molecular complexity index is 546. The number of hydrogen-bond donors (Lipinski definition) is 0. The second-order valence-corrected chi connectivity index (χ2v) is 7.32. The van der Waals surface area contributed by atoms with E-state index in [1.54, 1.807) is 0 Å². The standard InChI is InChI=1S/C16H19NOS/c1-12-10-14(19-16(2,3)4)11-17-15(12)18-13-8-6-5-7-9-13/h5-11H,1-4H3. The molecule has 2 aromatic rings. The Labute approximate surface area is 119 Å². The number of para-hydroxylation sites is 1. The highest BCUT2D eigenvalue weighted by atomic mass is 32.2. The molecule has 2 rings (SSSR count). The van der Waals surface area contributed by atoms with Crippen molar-refractivity contribution in [3.8, 4) is 11.6 Å². The molecule has 0 aliphatic heterocycles. The van der Waals surface area contributed by atoms with Gasteiger partial charge < -0.3 is 4.74 Å². The molecular weight excluding hydrogens is 254 g/mol. The predicted octanol–water partition coefficient (Wildman–Crippen LogP) is 5.07. The Hall–Kier alpha value is -1.48. The lowest BCUT2D eigenvalue weighted by Gasteiger charge is -2.18. The van der Waals surface area contributed by atoms with Gasteiger partial charge in [0.1, 0.15) is 5.75 Å². The number of thioether (sulfide) groups is 1. The largest absolute Gasteiger partial charge is 0.439 e. The molecule has 0 atom stereocenters. The van der Waals surface area contributed by atoms with Gasteiger partial charge in [-0.2, -0.15) is 0 Å². The normalized spacial score (nSPS) is 11.4. The highest BCUT2D eigenvalue weighted by molar-refractivity contribution is 8.00. The molecule has 100 valence electrons. The smallest absolute Gasteiger partial charge is 0.222 e. The zero-order valence-corrected chi connectivity index (χ0v) is 12.6. The first-order chi connectivity index (χ1) is 8.94. The van der Waals surface area contributed by atoms with Crippen LogP contribution in [0.4, 0.5) is 0 Å². The molecule has 0 fully saturated rings. The lowest BCUT2D eigenvalue weighted by Crippen LogP contribution is -2.06. The summed E-state index contributed by atoms with van der Waals surface area (Å²) in [4.78, 5) is 5.59. The fourth-order valence-electron chi connectivity index (χ4n) is 1.65. The van der Waals surface area contributed by atoms with Gasteiger partial charge in [-0.15, -0.1) is 11.8 Å². The molecule has 0 saturated heterocycles. The van der Waals surface area contributed by atoms with Crippen molar-refractivity contribution in [3.63, 3.8) is 0 Å². The van der Waals surface area contributed by atoms with Crippen LogP contribution in [0.3, 0.4) is 0 Å². The van der Waals surface area contributed by atoms with Crippen LogP contribution in [-0.4, -0.2) is 9.73 Å². The molecule has 0 amide bonds. The van der Waals surface area contributed by atoms with Crippen LogP contribution in [0.25, 0.3) is 0 Å². The van der Waals surface area contributed by atoms with E-state index in [9.17, 15) is 0 Å². The zero-order valence-electron chi connectivity index (χ0n) is 11.8.